The first-order chi connectivity index (χ1) is 8.65. The lowest BCUT2D eigenvalue weighted by molar-refractivity contribution is 0.0507. The number of benzene rings is 1. The first-order valence-corrected chi connectivity index (χ1v) is 6.34. The molecule has 1 N–H and O–H groups in total. The van der Waals surface area contributed by atoms with E-state index >= 15 is 0 Å². The van der Waals surface area contributed by atoms with E-state index in [0.717, 1.165) is 12.0 Å². The van der Waals surface area contributed by atoms with E-state index in [4.69, 9.17) is 0 Å². The number of hydrogen-bond acceptors (Lipinski definition) is 1. The maximum atomic E-state index is 13.5. The molecule has 0 aliphatic carbocycles. The number of alkyl halides is 2. The number of halogens is 2. The van der Waals surface area contributed by atoms with Gasteiger partial charge in [0, 0.05) is 0 Å². The van der Waals surface area contributed by atoms with Crippen molar-refractivity contribution in [2.75, 3.05) is 0 Å². The molecule has 0 aliphatic rings. The summed E-state index contributed by atoms with van der Waals surface area (Å²) < 4.78 is 26.9. The third kappa shape index (κ3) is 4.96. The molecule has 0 amide bonds. The Balaban J connectivity index is 2.49. The summed E-state index contributed by atoms with van der Waals surface area (Å²) in [6, 6.07) is 9.23. The molecule has 0 spiro atoms. The normalized spacial score (nSPS) is 16.7. The van der Waals surface area contributed by atoms with Gasteiger partial charge in [-0.1, -0.05) is 62.2 Å². The second-order valence-corrected chi connectivity index (χ2v) is 4.36. The monoisotopic (exact) mass is 254 g/mol. The molecule has 0 saturated carbocycles. The molecule has 0 saturated heterocycles. The fraction of sp³-hybridized carbons (Fsp3) is 0.467. The Labute approximate surface area is 107 Å². The summed E-state index contributed by atoms with van der Waals surface area (Å²) in [5.74, 6) is 0. The van der Waals surface area contributed by atoms with Crippen molar-refractivity contribution in [3.8, 4) is 0 Å². The minimum Gasteiger partial charge on any atom is -0.386 e. The van der Waals surface area contributed by atoms with Crippen molar-refractivity contribution < 1.29 is 13.9 Å². The molecule has 1 rings (SSSR count). The van der Waals surface area contributed by atoms with E-state index in [9.17, 15) is 13.9 Å². The highest BCUT2D eigenvalue weighted by Gasteiger charge is 2.25. The van der Waals surface area contributed by atoms with Crippen molar-refractivity contribution in [1.82, 2.24) is 0 Å². The van der Waals surface area contributed by atoms with E-state index in [0.29, 0.717) is 6.42 Å². The average molecular weight is 254 g/mol. The van der Waals surface area contributed by atoms with Gasteiger partial charge in [-0.2, -0.15) is 0 Å². The smallest absolute Gasteiger partial charge is 0.160 e. The predicted molar refractivity (Wildman–Crippen MR) is 70.8 cm³/mol. The zero-order valence-electron chi connectivity index (χ0n) is 10.6. The number of hydrogen-bond donors (Lipinski definition) is 1. The molecule has 3 heteroatoms. The first kappa shape index (κ1) is 14.8. The molecule has 0 radical (unpaired) electrons. The molecule has 3 unspecified atom stereocenters. The van der Waals surface area contributed by atoms with Crippen molar-refractivity contribution in [3.05, 3.63) is 42.0 Å². The van der Waals surface area contributed by atoms with Crippen LogP contribution in [0.2, 0.25) is 0 Å². The molecule has 18 heavy (non-hydrogen) atoms. The Hall–Kier alpha value is -1.22. The quantitative estimate of drug-likeness (QED) is 0.781. The number of rotatable bonds is 7. The van der Waals surface area contributed by atoms with Crippen LogP contribution in [0.15, 0.2) is 36.4 Å². The van der Waals surface area contributed by atoms with Crippen molar-refractivity contribution in [1.29, 1.82) is 0 Å². The molecule has 1 aromatic rings. The SMILES string of the molecule is CCCCC(F)C(F)C(O)/C=C/c1ccccc1. The van der Waals surface area contributed by atoms with Crippen LogP contribution in [-0.2, 0) is 0 Å². The molecule has 100 valence electrons. The fourth-order valence-corrected chi connectivity index (χ4v) is 1.65. The third-order valence-electron chi connectivity index (χ3n) is 2.79. The zero-order valence-corrected chi connectivity index (χ0v) is 10.6. The summed E-state index contributed by atoms with van der Waals surface area (Å²) in [5, 5.41) is 9.55. The maximum Gasteiger partial charge on any atom is 0.160 e. The summed E-state index contributed by atoms with van der Waals surface area (Å²) in [5.41, 5.74) is 0.854. The van der Waals surface area contributed by atoms with E-state index in [1.807, 2.05) is 37.3 Å². The number of aliphatic hydroxyl groups is 1. The van der Waals surface area contributed by atoms with Gasteiger partial charge in [0.05, 0.1) is 0 Å². The van der Waals surface area contributed by atoms with Gasteiger partial charge in [0.15, 0.2) is 6.17 Å². The Morgan fingerprint density at radius 3 is 2.50 bits per heavy atom. The van der Waals surface area contributed by atoms with Gasteiger partial charge in [-0.3, -0.25) is 0 Å². The third-order valence-corrected chi connectivity index (χ3v) is 2.79. The van der Waals surface area contributed by atoms with Crippen LogP contribution in [0.25, 0.3) is 6.08 Å². The minimum atomic E-state index is -1.85. The molecule has 1 nitrogen and oxygen atoms in total. The second kappa shape index (κ2) is 7.98. The fourth-order valence-electron chi connectivity index (χ4n) is 1.65. The summed E-state index contributed by atoms with van der Waals surface area (Å²) in [7, 11) is 0. The highest BCUT2D eigenvalue weighted by Crippen LogP contribution is 2.16. The molecular formula is C15H20F2O. The molecule has 0 aromatic heterocycles. The summed E-state index contributed by atoms with van der Waals surface area (Å²) in [6.45, 7) is 1.92. The highest BCUT2D eigenvalue weighted by atomic mass is 19.2. The topological polar surface area (TPSA) is 20.2 Å². The second-order valence-electron chi connectivity index (χ2n) is 4.36. The lowest BCUT2D eigenvalue weighted by Crippen LogP contribution is -2.29. The van der Waals surface area contributed by atoms with E-state index in [-0.39, 0.29) is 6.42 Å². The van der Waals surface area contributed by atoms with E-state index < -0.39 is 18.4 Å². The molecule has 1 aromatic carbocycles. The van der Waals surface area contributed by atoms with Gasteiger partial charge in [0.25, 0.3) is 0 Å². The summed E-state index contributed by atoms with van der Waals surface area (Å²) in [6.07, 6.45) is -0.315. The minimum absolute atomic E-state index is 0.161. The summed E-state index contributed by atoms with van der Waals surface area (Å²) in [4.78, 5) is 0. The maximum absolute atomic E-state index is 13.5. The van der Waals surface area contributed by atoms with Crippen molar-refractivity contribution in [2.45, 2.75) is 44.6 Å². The van der Waals surface area contributed by atoms with E-state index in [1.165, 1.54) is 6.08 Å². The van der Waals surface area contributed by atoms with Gasteiger partial charge in [-0.15, -0.1) is 0 Å². The van der Waals surface area contributed by atoms with Gasteiger partial charge in [-0.25, -0.2) is 8.78 Å². The molecule has 3 atom stereocenters. The van der Waals surface area contributed by atoms with Crippen LogP contribution in [0.5, 0.6) is 0 Å². The molecule has 0 heterocycles. The van der Waals surface area contributed by atoms with Crippen LogP contribution in [0.3, 0.4) is 0 Å². The lowest BCUT2D eigenvalue weighted by Gasteiger charge is -2.16. The summed E-state index contributed by atoms with van der Waals surface area (Å²) >= 11 is 0. The van der Waals surface area contributed by atoms with E-state index in [1.54, 1.807) is 6.08 Å². The van der Waals surface area contributed by atoms with Gasteiger partial charge in [0.1, 0.15) is 12.3 Å². The first-order valence-electron chi connectivity index (χ1n) is 6.34. The van der Waals surface area contributed by atoms with Crippen molar-refractivity contribution >= 4 is 6.08 Å². The Morgan fingerprint density at radius 1 is 1.22 bits per heavy atom. The predicted octanol–water partition coefficient (Wildman–Crippen LogP) is 3.93. The van der Waals surface area contributed by atoms with Crippen LogP contribution >= 0.6 is 0 Å². The van der Waals surface area contributed by atoms with E-state index in [2.05, 4.69) is 0 Å². The van der Waals surface area contributed by atoms with Crippen molar-refractivity contribution in [3.63, 3.8) is 0 Å². The average Bonchev–Trinajstić information content (AvgIpc) is 2.42. The van der Waals surface area contributed by atoms with Crippen molar-refractivity contribution in [2.24, 2.45) is 0 Å². The van der Waals surface area contributed by atoms with Crippen LogP contribution in [0.4, 0.5) is 8.78 Å². The van der Waals surface area contributed by atoms with Crippen LogP contribution in [-0.4, -0.2) is 23.6 Å². The van der Waals surface area contributed by atoms with Gasteiger partial charge in [-0.05, 0) is 12.0 Å². The molecule has 0 aliphatic heterocycles. The number of unbranched alkanes of at least 4 members (excludes halogenated alkanes) is 1. The standard InChI is InChI=1S/C15H20F2O/c1-2-3-9-13(16)15(17)14(18)11-10-12-7-5-4-6-8-12/h4-8,10-11,13-15,18H,2-3,9H2,1H3/b11-10+. The Kier molecular flexibility index (Phi) is 6.58. The zero-order chi connectivity index (χ0) is 13.4. The molecular weight excluding hydrogens is 234 g/mol. The van der Waals surface area contributed by atoms with Gasteiger partial charge in [0.2, 0.25) is 0 Å². The van der Waals surface area contributed by atoms with Gasteiger partial charge >= 0.3 is 0 Å². The van der Waals surface area contributed by atoms with Crippen LogP contribution in [0, 0.1) is 0 Å². The van der Waals surface area contributed by atoms with Crippen LogP contribution < -0.4 is 0 Å². The molecule has 0 fully saturated rings. The lowest BCUT2D eigenvalue weighted by atomic mass is 10.0. The number of aliphatic hydroxyl groups excluding tert-OH is 1. The Morgan fingerprint density at radius 2 is 1.89 bits per heavy atom. The van der Waals surface area contributed by atoms with Crippen LogP contribution in [0.1, 0.15) is 31.7 Å². The highest BCUT2D eigenvalue weighted by molar-refractivity contribution is 5.49. The largest absolute Gasteiger partial charge is 0.386 e. The molecule has 0 bridgehead atoms. The Bertz CT molecular complexity index is 351. The van der Waals surface area contributed by atoms with Gasteiger partial charge < -0.3 is 5.11 Å².